The first kappa shape index (κ1) is 19.5. The molecule has 138 valence electrons. The summed E-state index contributed by atoms with van der Waals surface area (Å²) < 4.78 is 5.10. The van der Waals surface area contributed by atoms with Crippen molar-refractivity contribution in [1.29, 1.82) is 0 Å². The number of hydrogen-bond acceptors (Lipinski definition) is 5. The normalized spacial score (nSPS) is 23.1. The van der Waals surface area contributed by atoms with Gasteiger partial charge in [0.05, 0.1) is 19.3 Å². The molecule has 2 aliphatic heterocycles. The number of amides is 2. The molecule has 2 aliphatic rings. The number of β-amino-alcohol motifs (C(OH)–C–C–N with tert-alkyl or cyclic N) is 1. The van der Waals surface area contributed by atoms with Gasteiger partial charge in [-0.1, -0.05) is 0 Å². The topological polar surface area (TPSA) is 82.1 Å². The number of benzene rings is 1. The summed E-state index contributed by atoms with van der Waals surface area (Å²) in [6.45, 7) is 2.55. The summed E-state index contributed by atoms with van der Waals surface area (Å²) in [7, 11) is 1.59. The SMILES string of the molecule is COc1ccc(C(=O)N2CCN(C(=O)C3CC(O)CN3)CC2)cc1.Cl. The largest absolute Gasteiger partial charge is 0.497 e. The zero-order valence-electron chi connectivity index (χ0n) is 14.2. The highest BCUT2D eigenvalue weighted by Crippen LogP contribution is 2.16. The summed E-state index contributed by atoms with van der Waals surface area (Å²) in [4.78, 5) is 28.4. The van der Waals surface area contributed by atoms with E-state index in [0.29, 0.717) is 50.5 Å². The Morgan fingerprint density at radius 2 is 1.72 bits per heavy atom. The van der Waals surface area contributed by atoms with Crippen LogP contribution in [0.25, 0.3) is 0 Å². The van der Waals surface area contributed by atoms with Crippen molar-refractivity contribution in [3.63, 3.8) is 0 Å². The summed E-state index contributed by atoms with van der Waals surface area (Å²) in [5.41, 5.74) is 0.621. The lowest BCUT2D eigenvalue weighted by atomic mass is 10.1. The quantitative estimate of drug-likeness (QED) is 0.791. The predicted octanol–water partition coefficient (Wildman–Crippen LogP) is 0.124. The molecule has 0 saturated carbocycles. The van der Waals surface area contributed by atoms with Crippen LogP contribution in [0.3, 0.4) is 0 Å². The molecule has 1 aromatic rings. The van der Waals surface area contributed by atoms with Crippen LogP contribution in [0.15, 0.2) is 24.3 Å². The highest BCUT2D eigenvalue weighted by molar-refractivity contribution is 5.94. The Morgan fingerprint density at radius 1 is 1.12 bits per heavy atom. The molecule has 8 heteroatoms. The van der Waals surface area contributed by atoms with Crippen molar-refractivity contribution < 1.29 is 19.4 Å². The van der Waals surface area contributed by atoms with Crippen LogP contribution in [0.5, 0.6) is 5.75 Å². The second kappa shape index (κ2) is 8.51. The molecular formula is C17H24ClN3O4. The van der Waals surface area contributed by atoms with Crippen LogP contribution in [-0.2, 0) is 4.79 Å². The van der Waals surface area contributed by atoms with E-state index in [0.717, 1.165) is 0 Å². The molecular weight excluding hydrogens is 346 g/mol. The number of carbonyl (C=O) groups excluding carboxylic acids is 2. The average Bonchev–Trinajstić information content (AvgIpc) is 3.07. The molecule has 2 unspecified atom stereocenters. The van der Waals surface area contributed by atoms with E-state index in [9.17, 15) is 14.7 Å². The number of ether oxygens (including phenoxy) is 1. The number of aliphatic hydroxyl groups excluding tert-OH is 1. The van der Waals surface area contributed by atoms with Gasteiger partial charge in [0.2, 0.25) is 5.91 Å². The molecule has 2 heterocycles. The highest BCUT2D eigenvalue weighted by atomic mass is 35.5. The highest BCUT2D eigenvalue weighted by Gasteiger charge is 2.33. The monoisotopic (exact) mass is 369 g/mol. The molecule has 25 heavy (non-hydrogen) atoms. The zero-order chi connectivity index (χ0) is 17.1. The first-order chi connectivity index (χ1) is 11.6. The van der Waals surface area contributed by atoms with E-state index >= 15 is 0 Å². The Morgan fingerprint density at radius 3 is 2.24 bits per heavy atom. The van der Waals surface area contributed by atoms with Gasteiger partial charge in [-0.2, -0.15) is 0 Å². The Hall–Kier alpha value is -1.83. The number of rotatable bonds is 3. The lowest BCUT2D eigenvalue weighted by molar-refractivity contribution is -0.134. The molecule has 0 bridgehead atoms. The third-order valence-electron chi connectivity index (χ3n) is 4.62. The minimum atomic E-state index is -0.447. The molecule has 2 amide bonds. The third kappa shape index (κ3) is 4.42. The van der Waals surface area contributed by atoms with Crippen molar-refractivity contribution >= 4 is 24.2 Å². The molecule has 0 spiro atoms. The molecule has 2 saturated heterocycles. The van der Waals surface area contributed by atoms with Crippen LogP contribution in [-0.4, -0.2) is 78.7 Å². The molecule has 2 fully saturated rings. The van der Waals surface area contributed by atoms with Crippen molar-refractivity contribution in [3.8, 4) is 5.75 Å². The summed E-state index contributed by atoms with van der Waals surface area (Å²) >= 11 is 0. The lowest BCUT2D eigenvalue weighted by Crippen LogP contribution is -2.54. The zero-order valence-corrected chi connectivity index (χ0v) is 15.0. The number of nitrogens with zero attached hydrogens (tertiary/aromatic N) is 2. The minimum Gasteiger partial charge on any atom is -0.497 e. The molecule has 7 nitrogen and oxygen atoms in total. The van der Waals surface area contributed by atoms with Gasteiger partial charge in [-0.25, -0.2) is 0 Å². The van der Waals surface area contributed by atoms with E-state index in [2.05, 4.69) is 5.32 Å². The molecule has 3 rings (SSSR count). The molecule has 0 aliphatic carbocycles. The van der Waals surface area contributed by atoms with Crippen molar-refractivity contribution in [2.75, 3.05) is 39.8 Å². The van der Waals surface area contributed by atoms with Gasteiger partial charge in [0.15, 0.2) is 0 Å². The minimum absolute atomic E-state index is 0. The van der Waals surface area contributed by atoms with Gasteiger partial charge >= 0.3 is 0 Å². The first-order valence-corrected chi connectivity index (χ1v) is 8.22. The smallest absolute Gasteiger partial charge is 0.253 e. The lowest BCUT2D eigenvalue weighted by Gasteiger charge is -2.36. The number of nitrogens with one attached hydrogen (secondary N) is 1. The number of halogens is 1. The molecule has 1 aromatic carbocycles. The predicted molar refractivity (Wildman–Crippen MR) is 95.1 cm³/mol. The van der Waals surface area contributed by atoms with E-state index in [4.69, 9.17) is 4.74 Å². The van der Waals surface area contributed by atoms with Crippen LogP contribution in [0.4, 0.5) is 0 Å². The van der Waals surface area contributed by atoms with Crippen molar-refractivity contribution in [2.45, 2.75) is 18.6 Å². The maximum absolute atomic E-state index is 12.5. The number of methoxy groups -OCH3 is 1. The van der Waals surface area contributed by atoms with E-state index in [-0.39, 0.29) is 30.3 Å². The Bertz CT molecular complexity index is 602. The van der Waals surface area contributed by atoms with Gasteiger partial charge in [-0.15, -0.1) is 12.4 Å². The fourth-order valence-electron chi connectivity index (χ4n) is 3.17. The van der Waals surface area contributed by atoms with E-state index in [1.165, 1.54) is 0 Å². The van der Waals surface area contributed by atoms with Crippen LogP contribution < -0.4 is 10.1 Å². The second-order valence-corrected chi connectivity index (χ2v) is 6.20. The van der Waals surface area contributed by atoms with Gasteiger partial charge in [0.25, 0.3) is 5.91 Å². The van der Waals surface area contributed by atoms with Crippen molar-refractivity contribution in [3.05, 3.63) is 29.8 Å². The van der Waals surface area contributed by atoms with Crippen LogP contribution in [0.2, 0.25) is 0 Å². The van der Waals surface area contributed by atoms with Crippen LogP contribution in [0.1, 0.15) is 16.8 Å². The van der Waals surface area contributed by atoms with Gasteiger partial charge in [0.1, 0.15) is 5.75 Å². The molecule has 2 atom stereocenters. The van der Waals surface area contributed by atoms with Crippen molar-refractivity contribution in [1.82, 2.24) is 15.1 Å². The van der Waals surface area contributed by atoms with Crippen LogP contribution >= 0.6 is 12.4 Å². The number of piperazine rings is 1. The molecule has 0 aromatic heterocycles. The maximum Gasteiger partial charge on any atom is 0.253 e. The van der Waals surface area contributed by atoms with E-state index < -0.39 is 6.10 Å². The second-order valence-electron chi connectivity index (χ2n) is 6.20. The number of aliphatic hydroxyl groups is 1. The van der Waals surface area contributed by atoms with Crippen molar-refractivity contribution in [2.24, 2.45) is 0 Å². The average molecular weight is 370 g/mol. The number of carbonyl (C=O) groups is 2. The summed E-state index contributed by atoms with van der Waals surface area (Å²) in [5.74, 6) is 0.704. The van der Waals surface area contributed by atoms with Crippen LogP contribution in [0, 0.1) is 0 Å². The fraction of sp³-hybridized carbons (Fsp3) is 0.529. The standard InChI is InChI=1S/C17H23N3O4.ClH/c1-24-14-4-2-12(3-5-14)16(22)19-6-8-20(9-7-19)17(23)15-10-13(21)11-18-15;/h2-5,13,15,18,21H,6-11H2,1H3;1H. The molecule has 2 N–H and O–H groups in total. The fourth-order valence-corrected chi connectivity index (χ4v) is 3.17. The Kier molecular flexibility index (Phi) is 6.64. The van der Waals surface area contributed by atoms with Gasteiger partial charge in [0, 0.05) is 38.3 Å². The Balaban J connectivity index is 0.00000225. The van der Waals surface area contributed by atoms with Gasteiger partial charge in [-0.3, -0.25) is 9.59 Å². The first-order valence-electron chi connectivity index (χ1n) is 8.22. The maximum atomic E-state index is 12.5. The summed E-state index contributed by atoms with van der Waals surface area (Å²) in [6, 6.07) is 6.74. The number of hydrogen-bond donors (Lipinski definition) is 2. The van der Waals surface area contributed by atoms with E-state index in [1.54, 1.807) is 41.2 Å². The Labute approximate surface area is 153 Å². The van der Waals surface area contributed by atoms with E-state index in [1.807, 2.05) is 0 Å². The van der Waals surface area contributed by atoms with Gasteiger partial charge in [-0.05, 0) is 30.7 Å². The molecule has 0 radical (unpaired) electrons. The summed E-state index contributed by atoms with van der Waals surface area (Å²) in [5, 5.41) is 12.6. The third-order valence-corrected chi connectivity index (χ3v) is 4.62. The van der Waals surface area contributed by atoms with Gasteiger partial charge < -0.3 is 25.0 Å². The summed E-state index contributed by atoms with van der Waals surface area (Å²) in [6.07, 6.45) is 0.0148.